The monoisotopic (exact) mass is 483 g/mol. The van der Waals surface area contributed by atoms with Crippen LogP contribution in [0.4, 0.5) is 5.00 Å². The Balaban J connectivity index is 1.56. The van der Waals surface area contributed by atoms with E-state index in [1.807, 2.05) is 49.4 Å². The van der Waals surface area contributed by atoms with Crippen molar-refractivity contribution in [3.63, 3.8) is 0 Å². The number of rotatable bonds is 8. The van der Waals surface area contributed by atoms with Gasteiger partial charge in [0.25, 0.3) is 0 Å². The number of hydrogen-bond donors (Lipinski definition) is 0. The van der Waals surface area contributed by atoms with E-state index >= 15 is 0 Å². The molecular formula is C26H26ClNO4S. The van der Waals surface area contributed by atoms with E-state index in [1.54, 1.807) is 24.7 Å². The average molecular weight is 484 g/mol. The highest BCUT2D eigenvalue weighted by molar-refractivity contribution is 7.16. The van der Waals surface area contributed by atoms with Crippen molar-refractivity contribution in [2.24, 2.45) is 4.99 Å². The first kappa shape index (κ1) is 23.3. The summed E-state index contributed by atoms with van der Waals surface area (Å²) in [6.07, 6.45) is 5.88. The van der Waals surface area contributed by atoms with Gasteiger partial charge in [0.15, 0.2) is 11.5 Å². The molecule has 33 heavy (non-hydrogen) atoms. The van der Waals surface area contributed by atoms with Crippen molar-refractivity contribution in [2.45, 2.75) is 39.2 Å². The number of fused-ring (bicyclic) bond motifs is 1. The number of esters is 1. The summed E-state index contributed by atoms with van der Waals surface area (Å²) < 4.78 is 16.8. The van der Waals surface area contributed by atoms with Crippen molar-refractivity contribution in [3.05, 3.63) is 74.6 Å². The predicted octanol–water partition coefficient (Wildman–Crippen LogP) is 6.80. The number of halogens is 1. The second-order valence-electron chi connectivity index (χ2n) is 7.66. The summed E-state index contributed by atoms with van der Waals surface area (Å²) in [5.41, 5.74) is 3.48. The fourth-order valence-corrected chi connectivity index (χ4v) is 5.26. The Hall–Kier alpha value is -2.83. The van der Waals surface area contributed by atoms with Crippen LogP contribution in [-0.2, 0) is 24.2 Å². The number of aliphatic imine (C=N–C) groups is 1. The molecule has 2 aromatic carbocycles. The van der Waals surface area contributed by atoms with Gasteiger partial charge in [0.1, 0.15) is 11.6 Å². The average Bonchev–Trinajstić information content (AvgIpc) is 3.21. The zero-order valence-corrected chi connectivity index (χ0v) is 20.3. The van der Waals surface area contributed by atoms with Crippen molar-refractivity contribution in [1.82, 2.24) is 0 Å². The van der Waals surface area contributed by atoms with E-state index in [-0.39, 0.29) is 5.97 Å². The van der Waals surface area contributed by atoms with E-state index in [4.69, 9.17) is 25.8 Å². The van der Waals surface area contributed by atoms with E-state index in [9.17, 15) is 4.79 Å². The highest BCUT2D eigenvalue weighted by Crippen LogP contribution is 2.40. The molecule has 5 nitrogen and oxygen atoms in total. The van der Waals surface area contributed by atoms with Gasteiger partial charge in [-0.3, -0.25) is 0 Å². The molecule has 1 aliphatic carbocycles. The topological polar surface area (TPSA) is 57.1 Å². The number of nitrogens with zero attached hydrogens (tertiary/aromatic N) is 1. The Morgan fingerprint density at radius 2 is 1.97 bits per heavy atom. The van der Waals surface area contributed by atoms with E-state index in [1.165, 1.54) is 4.88 Å². The molecule has 0 aliphatic heterocycles. The van der Waals surface area contributed by atoms with Gasteiger partial charge in [-0.25, -0.2) is 9.79 Å². The number of aryl methyl sites for hydroxylation is 1. The third-order valence-corrected chi connectivity index (χ3v) is 7.06. The van der Waals surface area contributed by atoms with E-state index in [0.717, 1.165) is 42.4 Å². The molecule has 4 rings (SSSR count). The number of methoxy groups -OCH3 is 1. The molecule has 0 fully saturated rings. The van der Waals surface area contributed by atoms with Gasteiger partial charge in [-0.15, -0.1) is 11.3 Å². The Kier molecular flexibility index (Phi) is 7.68. The zero-order chi connectivity index (χ0) is 23.2. The van der Waals surface area contributed by atoms with Gasteiger partial charge in [-0.1, -0.05) is 29.8 Å². The van der Waals surface area contributed by atoms with Crippen LogP contribution in [0.15, 0.2) is 47.5 Å². The minimum Gasteiger partial charge on any atom is -0.493 e. The summed E-state index contributed by atoms with van der Waals surface area (Å²) in [5.74, 6) is 0.931. The molecule has 0 N–H and O–H groups in total. The summed E-state index contributed by atoms with van der Waals surface area (Å²) in [4.78, 5) is 18.6. The standard InChI is InChI=1S/C26H26ClNO4S/c1-3-31-26(29)24-19-9-5-7-11-23(19)33-25(24)28-15-17-12-13-21(22(14-17)30-2)32-16-18-8-4-6-10-20(18)27/h4,6,8,10,12-15H,3,5,7,9,11,16H2,1-2H3. The highest BCUT2D eigenvalue weighted by Gasteiger charge is 2.26. The molecule has 7 heteroatoms. The molecule has 172 valence electrons. The second-order valence-corrected chi connectivity index (χ2v) is 9.15. The second kappa shape index (κ2) is 10.9. The third kappa shape index (κ3) is 5.40. The predicted molar refractivity (Wildman–Crippen MR) is 133 cm³/mol. The molecule has 1 heterocycles. The lowest BCUT2D eigenvalue weighted by molar-refractivity contribution is 0.0526. The molecule has 3 aromatic rings. The largest absolute Gasteiger partial charge is 0.493 e. The molecule has 0 saturated carbocycles. The Morgan fingerprint density at radius 3 is 2.76 bits per heavy atom. The third-order valence-electron chi connectivity index (χ3n) is 5.49. The van der Waals surface area contributed by atoms with Crippen molar-refractivity contribution in [1.29, 1.82) is 0 Å². The minimum absolute atomic E-state index is 0.287. The molecule has 0 radical (unpaired) electrons. The van der Waals surface area contributed by atoms with E-state index in [2.05, 4.69) is 4.99 Å². The minimum atomic E-state index is -0.287. The first-order valence-corrected chi connectivity index (χ1v) is 12.2. The lowest BCUT2D eigenvalue weighted by atomic mass is 9.95. The summed E-state index contributed by atoms with van der Waals surface area (Å²) in [7, 11) is 1.60. The van der Waals surface area contributed by atoms with Crippen LogP contribution in [-0.4, -0.2) is 25.9 Å². The van der Waals surface area contributed by atoms with Gasteiger partial charge < -0.3 is 14.2 Å². The van der Waals surface area contributed by atoms with Crippen molar-refractivity contribution < 1.29 is 19.0 Å². The fraction of sp³-hybridized carbons (Fsp3) is 0.308. The summed E-state index contributed by atoms with van der Waals surface area (Å²) >= 11 is 7.81. The smallest absolute Gasteiger partial charge is 0.341 e. The van der Waals surface area contributed by atoms with Crippen LogP contribution in [0, 0.1) is 0 Å². The maximum absolute atomic E-state index is 12.6. The van der Waals surface area contributed by atoms with Crippen LogP contribution >= 0.6 is 22.9 Å². The lowest BCUT2D eigenvalue weighted by Crippen LogP contribution is -2.09. The van der Waals surface area contributed by atoms with Gasteiger partial charge in [0, 0.05) is 21.7 Å². The Bertz CT molecular complexity index is 1170. The Morgan fingerprint density at radius 1 is 1.15 bits per heavy atom. The van der Waals surface area contributed by atoms with Crippen molar-refractivity contribution >= 4 is 40.1 Å². The SMILES string of the molecule is CCOC(=O)c1c(N=Cc2ccc(OCc3ccccc3Cl)c(OC)c2)sc2c1CCCC2. The first-order valence-electron chi connectivity index (χ1n) is 11.0. The van der Waals surface area contributed by atoms with Crippen molar-refractivity contribution in [2.75, 3.05) is 13.7 Å². The number of ether oxygens (including phenoxy) is 3. The maximum atomic E-state index is 12.6. The normalized spacial score (nSPS) is 13.1. The maximum Gasteiger partial charge on any atom is 0.341 e. The molecule has 0 bridgehead atoms. The first-order chi connectivity index (χ1) is 16.1. The molecule has 0 atom stereocenters. The van der Waals surface area contributed by atoms with Crippen LogP contribution in [0.5, 0.6) is 11.5 Å². The molecule has 1 aromatic heterocycles. The van der Waals surface area contributed by atoms with Crippen LogP contribution in [0.1, 0.15) is 51.7 Å². The molecular weight excluding hydrogens is 458 g/mol. The summed E-state index contributed by atoms with van der Waals surface area (Å²) in [6.45, 7) is 2.51. The number of thiophene rings is 1. The van der Waals surface area contributed by atoms with Crippen LogP contribution in [0.25, 0.3) is 0 Å². The number of benzene rings is 2. The summed E-state index contributed by atoms with van der Waals surface area (Å²) in [6, 6.07) is 13.2. The zero-order valence-electron chi connectivity index (χ0n) is 18.7. The van der Waals surface area contributed by atoms with Gasteiger partial charge in [0.2, 0.25) is 0 Å². The molecule has 1 aliphatic rings. The fourth-order valence-electron chi connectivity index (χ4n) is 3.84. The lowest BCUT2D eigenvalue weighted by Gasteiger charge is -2.12. The Labute approximate surface area is 203 Å². The quantitative estimate of drug-likeness (QED) is 0.261. The number of carbonyl (C=O) groups excluding carboxylic acids is 1. The molecule has 0 unspecified atom stereocenters. The van der Waals surface area contributed by atoms with E-state index < -0.39 is 0 Å². The highest BCUT2D eigenvalue weighted by atomic mass is 35.5. The van der Waals surface area contributed by atoms with Gasteiger partial charge in [-0.2, -0.15) is 0 Å². The van der Waals surface area contributed by atoms with Gasteiger partial charge in [-0.05, 0) is 68.0 Å². The van der Waals surface area contributed by atoms with Gasteiger partial charge >= 0.3 is 5.97 Å². The number of carbonyl (C=O) groups is 1. The number of hydrogen-bond acceptors (Lipinski definition) is 6. The van der Waals surface area contributed by atoms with Crippen molar-refractivity contribution in [3.8, 4) is 11.5 Å². The molecule has 0 saturated heterocycles. The van der Waals surface area contributed by atoms with Crippen LogP contribution < -0.4 is 9.47 Å². The van der Waals surface area contributed by atoms with Crippen LogP contribution in [0.3, 0.4) is 0 Å². The van der Waals surface area contributed by atoms with Crippen LogP contribution in [0.2, 0.25) is 5.02 Å². The van der Waals surface area contributed by atoms with E-state index in [0.29, 0.717) is 40.3 Å². The summed E-state index contributed by atoms with van der Waals surface area (Å²) in [5, 5.41) is 1.37. The molecule has 0 spiro atoms. The molecule has 0 amide bonds. The van der Waals surface area contributed by atoms with Gasteiger partial charge in [0.05, 0.1) is 19.3 Å².